The molecule has 0 aliphatic heterocycles. The molecule has 2 N–H and O–H groups in total. The molecule has 0 saturated carbocycles. The molecule has 0 amide bonds. The second-order valence-electron chi connectivity index (χ2n) is 3.68. The third-order valence-corrected chi connectivity index (χ3v) is 3.91. The standard InChI is InChI=1S/C11H13N3S2/c1-7(2)11-13-8(12)6-9(14-11)16-10-4-3-5-15-10/h3-7H,1-2H3,(H2,12,13,14). The van der Waals surface area contributed by atoms with Crippen LogP contribution in [0.4, 0.5) is 5.82 Å². The number of thiophene rings is 1. The van der Waals surface area contributed by atoms with E-state index in [9.17, 15) is 0 Å². The number of rotatable bonds is 3. The third-order valence-electron chi connectivity index (χ3n) is 1.96. The summed E-state index contributed by atoms with van der Waals surface area (Å²) in [5.41, 5.74) is 5.77. The maximum absolute atomic E-state index is 5.77. The maximum atomic E-state index is 5.77. The number of nitrogen functional groups attached to an aromatic ring is 1. The highest BCUT2D eigenvalue weighted by Gasteiger charge is 2.08. The molecule has 2 aromatic heterocycles. The lowest BCUT2D eigenvalue weighted by Crippen LogP contribution is -2.02. The summed E-state index contributed by atoms with van der Waals surface area (Å²) < 4.78 is 1.22. The first-order valence-electron chi connectivity index (χ1n) is 5.01. The summed E-state index contributed by atoms with van der Waals surface area (Å²) in [6, 6.07) is 5.92. The van der Waals surface area contributed by atoms with Gasteiger partial charge >= 0.3 is 0 Å². The summed E-state index contributed by atoms with van der Waals surface area (Å²) in [6.07, 6.45) is 0. The highest BCUT2D eigenvalue weighted by Crippen LogP contribution is 2.31. The summed E-state index contributed by atoms with van der Waals surface area (Å²) in [7, 11) is 0. The topological polar surface area (TPSA) is 51.8 Å². The van der Waals surface area contributed by atoms with Gasteiger partial charge in [-0.3, -0.25) is 0 Å². The van der Waals surface area contributed by atoms with Crippen LogP contribution < -0.4 is 5.73 Å². The van der Waals surface area contributed by atoms with Gasteiger partial charge in [0, 0.05) is 12.0 Å². The Balaban J connectivity index is 2.27. The van der Waals surface area contributed by atoms with E-state index in [4.69, 9.17) is 5.73 Å². The number of aromatic nitrogens is 2. The predicted octanol–water partition coefficient (Wildman–Crippen LogP) is 3.39. The number of nitrogens with two attached hydrogens (primary N) is 1. The van der Waals surface area contributed by atoms with Gasteiger partial charge in [0.1, 0.15) is 16.7 Å². The molecular weight excluding hydrogens is 238 g/mol. The monoisotopic (exact) mass is 251 g/mol. The van der Waals surface area contributed by atoms with Crippen LogP contribution in [-0.2, 0) is 0 Å². The second kappa shape index (κ2) is 4.84. The Morgan fingerprint density at radius 3 is 2.81 bits per heavy atom. The Kier molecular flexibility index (Phi) is 3.46. The fourth-order valence-corrected chi connectivity index (χ4v) is 2.93. The number of anilines is 1. The van der Waals surface area contributed by atoms with Crippen molar-refractivity contribution in [3.8, 4) is 0 Å². The first-order chi connectivity index (χ1) is 7.65. The van der Waals surface area contributed by atoms with E-state index in [0.717, 1.165) is 10.9 Å². The minimum absolute atomic E-state index is 0.297. The van der Waals surface area contributed by atoms with E-state index in [0.29, 0.717) is 11.7 Å². The molecule has 0 aliphatic carbocycles. The summed E-state index contributed by atoms with van der Waals surface area (Å²) >= 11 is 3.33. The van der Waals surface area contributed by atoms with Gasteiger partial charge in [-0.2, -0.15) is 0 Å². The van der Waals surface area contributed by atoms with Gasteiger partial charge in [-0.05, 0) is 11.4 Å². The number of hydrogen-bond acceptors (Lipinski definition) is 5. The van der Waals surface area contributed by atoms with Gasteiger partial charge in [0.2, 0.25) is 0 Å². The van der Waals surface area contributed by atoms with Gasteiger partial charge in [0.15, 0.2) is 0 Å². The van der Waals surface area contributed by atoms with Crippen LogP contribution in [0.2, 0.25) is 0 Å². The smallest absolute Gasteiger partial charge is 0.134 e. The van der Waals surface area contributed by atoms with Crippen molar-refractivity contribution in [1.82, 2.24) is 9.97 Å². The van der Waals surface area contributed by atoms with E-state index in [-0.39, 0.29) is 0 Å². The van der Waals surface area contributed by atoms with Crippen molar-refractivity contribution in [3.05, 3.63) is 29.4 Å². The Morgan fingerprint density at radius 1 is 1.38 bits per heavy atom. The largest absolute Gasteiger partial charge is 0.384 e. The maximum Gasteiger partial charge on any atom is 0.134 e. The van der Waals surface area contributed by atoms with E-state index in [1.165, 1.54) is 4.21 Å². The molecule has 0 fully saturated rings. The molecule has 0 aliphatic rings. The van der Waals surface area contributed by atoms with Gasteiger partial charge in [0.25, 0.3) is 0 Å². The van der Waals surface area contributed by atoms with Gasteiger partial charge in [-0.1, -0.05) is 31.7 Å². The molecule has 0 radical (unpaired) electrons. The normalized spacial score (nSPS) is 10.9. The predicted molar refractivity (Wildman–Crippen MR) is 69.0 cm³/mol. The van der Waals surface area contributed by atoms with Gasteiger partial charge in [0.05, 0.1) is 4.21 Å². The molecule has 0 aromatic carbocycles. The number of hydrogen-bond donors (Lipinski definition) is 1. The zero-order chi connectivity index (χ0) is 11.5. The average molecular weight is 251 g/mol. The molecule has 2 rings (SSSR count). The quantitative estimate of drug-likeness (QED) is 0.849. The first-order valence-corrected chi connectivity index (χ1v) is 6.70. The summed E-state index contributed by atoms with van der Waals surface area (Å²) in [4.78, 5) is 8.71. The van der Waals surface area contributed by atoms with Crippen LogP contribution in [0.3, 0.4) is 0 Å². The minimum atomic E-state index is 0.297. The van der Waals surface area contributed by atoms with Gasteiger partial charge < -0.3 is 5.73 Å². The van der Waals surface area contributed by atoms with E-state index < -0.39 is 0 Å². The average Bonchev–Trinajstić information content (AvgIpc) is 2.69. The van der Waals surface area contributed by atoms with Crippen LogP contribution in [-0.4, -0.2) is 9.97 Å². The van der Waals surface area contributed by atoms with Crippen LogP contribution >= 0.6 is 23.1 Å². The van der Waals surface area contributed by atoms with Crippen LogP contribution in [0, 0.1) is 0 Å². The van der Waals surface area contributed by atoms with Gasteiger partial charge in [-0.15, -0.1) is 11.3 Å². The van der Waals surface area contributed by atoms with Crippen LogP contribution in [0.15, 0.2) is 32.8 Å². The molecule has 0 spiro atoms. The number of nitrogens with zero attached hydrogens (tertiary/aromatic N) is 2. The highest BCUT2D eigenvalue weighted by molar-refractivity contribution is 8.01. The third kappa shape index (κ3) is 2.74. The fraction of sp³-hybridized carbons (Fsp3) is 0.273. The SMILES string of the molecule is CC(C)c1nc(N)cc(Sc2cccs2)n1. The minimum Gasteiger partial charge on any atom is -0.384 e. The van der Waals surface area contributed by atoms with E-state index in [1.807, 2.05) is 12.1 Å². The molecular formula is C11H13N3S2. The molecule has 0 bridgehead atoms. The van der Waals surface area contributed by atoms with Crippen molar-refractivity contribution >= 4 is 28.9 Å². The fourth-order valence-electron chi connectivity index (χ4n) is 1.20. The van der Waals surface area contributed by atoms with Crippen LogP contribution in [0.1, 0.15) is 25.6 Å². The van der Waals surface area contributed by atoms with E-state index in [1.54, 1.807) is 23.1 Å². The lowest BCUT2D eigenvalue weighted by molar-refractivity contribution is 0.756. The zero-order valence-electron chi connectivity index (χ0n) is 9.18. The van der Waals surface area contributed by atoms with E-state index in [2.05, 4.69) is 35.3 Å². The Bertz CT molecular complexity index is 466. The molecule has 0 saturated heterocycles. The zero-order valence-corrected chi connectivity index (χ0v) is 10.8. The molecule has 16 heavy (non-hydrogen) atoms. The lowest BCUT2D eigenvalue weighted by Gasteiger charge is -2.06. The van der Waals surface area contributed by atoms with Crippen molar-refractivity contribution in [2.24, 2.45) is 0 Å². The second-order valence-corrected chi connectivity index (χ2v) is 5.95. The Labute approximate surface area is 103 Å². The highest BCUT2D eigenvalue weighted by atomic mass is 32.2. The van der Waals surface area contributed by atoms with Gasteiger partial charge in [-0.25, -0.2) is 9.97 Å². The summed E-state index contributed by atoms with van der Waals surface area (Å²) in [5, 5.41) is 2.97. The summed E-state index contributed by atoms with van der Waals surface area (Å²) in [6.45, 7) is 4.13. The van der Waals surface area contributed by atoms with Crippen molar-refractivity contribution in [2.45, 2.75) is 29.0 Å². The molecule has 5 heteroatoms. The molecule has 84 valence electrons. The van der Waals surface area contributed by atoms with Crippen molar-refractivity contribution < 1.29 is 0 Å². The first kappa shape index (κ1) is 11.4. The molecule has 0 unspecified atom stereocenters. The molecule has 2 aromatic rings. The van der Waals surface area contributed by atoms with E-state index >= 15 is 0 Å². The Morgan fingerprint density at radius 2 is 2.19 bits per heavy atom. The molecule has 3 nitrogen and oxygen atoms in total. The Hall–Kier alpha value is -1.07. The van der Waals surface area contributed by atoms with Crippen molar-refractivity contribution in [1.29, 1.82) is 0 Å². The lowest BCUT2D eigenvalue weighted by atomic mass is 10.2. The van der Waals surface area contributed by atoms with Crippen molar-refractivity contribution in [2.75, 3.05) is 5.73 Å². The summed E-state index contributed by atoms with van der Waals surface area (Å²) in [5.74, 6) is 1.64. The van der Waals surface area contributed by atoms with Crippen LogP contribution in [0.25, 0.3) is 0 Å². The molecule has 0 atom stereocenters. The van der Waals surface area contributed by atoms with Crippen LogP contribution in [0.5, 0.6) is 0 Å². The van der Waals surface area contributed by atoms with Crippen molar-refractivity contribution in [3.63, 3.8) is 0 Å². The molecule has 2 heterocycles.